The van der Waals surface area contributed by atoms with Crippen LogP contribution in [0, 0.1) is 0 Å². The summed E-state index contributed by atoms with van der Waals surface area (Å²) in [4.78, 5) is 0. The average molecular weight is 221 g/mol. The van der Waals surface area contributed by atoms with Gasteiger partial charge in [-0.15, -0.1) is 0 Å². The lowest BCUT2D eigenvalue weighted by molar-refractivity contribution is 0.0486. The fourth-order valence-electron chi connectivity index (χ4n) is 1.70. The lowest BCUT2D eigenvalue weighted by Crippen LogP contribution is -2.36. The Bertz CT molecular complexity index is 274. The first-order valence-electron chi connectivity index (χ1n) is 5.08. The molecular formula is C9H19NO3S. The van der Waals surface area contributed by atoms with Gasteiger partial charge in [0.2, 0.25) is 10.0 Å². The average Bonchev–Trinajstić information content (AvgIpc) is 2.37. The van der Waals surface area contributed by atoms with Gasteiger partial charge in [-0.2, -0.15) is 4.31 Å². The number of hydrogen-bond acceptors (Lipinski definition) is 3. The van der Waals surface area contributed by atoms with Crippen molar-refractivity contribution >= 4 is 10.0 Å². The summed E-state index contributed by atoms with van der Waals surface area (Å²) < 4.78 is 30.0. The van der Waals surface area contributed by atoms with E-state index in [4.69, 9.17) is 4.74 Å². The van der Waals surface area contributed by atoms with Gasteiger partial charge < -0.3 is 4.74 Å². The Hall–Kier alpha value is -0.130. The molecule has 1 aliphatic heterocycles. The maximum atomic E-state index is 11.5. The Morgan fingerprint density at radius 1 is 1.50 bits per heavy atom. The molecule has 1 fully saturated rings. The predicted molar refractivity (Wildman–Crippen MR) is 55.7 cm³/mol. The lowest BCUT2D eigenvalue weighted by Gasteiger charge is -2.21. The Morgan fingerprint density at radius 2 is 2.14 bits per heavy atom. The number of rotatable bonds is 4. The maximum absolute atomic E-state index is 11.5. The van der Waals surface area contributed by atoms with E-state index < -0.39 is 10.0 Å². The van der Waals surface area contributed by atoms with Crippen LogP contribution in [0.1, 0.15) is 27.2 Å². The molecule has 1 atom stereocenters. The molecule has 0 aromatic rings. The topological polar surface area (TPSA) is 46.6 Å². The zero-order valence-corrected chi connectivity index (χ0v) is 9.88. The zero-order chi connectivity index (χ0) is 10.8. The molecule has 4 nitrogen and oxygen atoms in total. The number of nitrogens with zero attached hydrogens (tertiary/aromatic N) is 1. The highest BCUT2D eigenvalue weighted by Gasteiger charge is 2.35. The van der Waals surface area contributed by atoms with Crippen LogP contribution in [-0.4, -0.2) is 43.8 Å². The Kier molecular flexibility index (Phi) is 3.92. The highest BCUT2D eigenvalue weighted by Crippen LogP contribution is 2.21. The fraction of sp³-hybridized carbons (Fsp3) is 1.00. The highest BCUT2D eigenvalue weighted by molar-refractivity contribution is 7.89. The molecule has 0 aromatic carbocycles. The second-order valence-electron chi connectivity index (χ2n) is 3.84. The van der Waals surface area contributed by atoms with Crippen LogP contribution >= 0.6 is 0 Å². The van der Waals surface area contributed by atoms with Gasteiger partial charge in [0, 0.05) is 12.6 Å². The van der Waals surface area contributed by atoms with E-state index in [1.807, 2.05) is 20.8 Å². The molecule has 1 unspecified atom stereocenters. The molecule has 1 heterocycles. The summed E-state index contributed by atoms with van der Waals surface area (Å²) in [5.74, 6) is 0.271. The first-order valence-corrected chi connectivity index (χ1v) is 6.69. The lowest BCUT2D eigenvalue weighted by atomic mass is 10.2. The van der Waals surface area contributed by atoms with Crippen LogP contribution in [0.3, 0.4) is 0 Å². The molecule has 0 aliphatic carbocycles. The first kappa shape index (κ1) is 11.9. The highest BCUT2D eigenvalue weighted by atomic mass is 32.2. The van der Waals surface area contributed by atoms with Crippen molar-refractivity contribution in [2.45, 2.75) is 39.3 Å². The van der Waals surface area contributed by atoms with Crippen molar-refractivity contribution in [1.82, 2.24) is 4.31 Å². The second kappa shape index (κ2) is 4.59. The number of ether oxygens (including phenoxy) is 1. The second-order valence-corrected chi connectivity index (χ2v) is 5.89. The zero-order valence-electron chi connectivity index (χ0n) is 9.06. The van der Waals surface area contributed by atoms with E-state index in [1.165, 1.54) is 0 Å². The minimum absolute atomic E-state index is 0.0485. The monoisotopic (exact) mass is 221 g/mol. The van der Waals surface area contributed by atoms with E-state index in [9.17, 15) is 8.42 Å². The molecule has 0 spiro atoms. The number of sulfonamides is 1. The molecule has 0 radical (unpaired) electrons. The van der Waals surface area contributed by atoms with Crippen molar-refractivity contribution in [2.75, 3.05) is 18.9 Å². The molecule has 1 saturated heterocycles. The maximum Gasteiger partial charge on any atom is 0.214 e. The summed E-state index contributed by atoms with van der Waals surface area (Å²) in [6.45, 7) is 6.85. The van der Waals surface area contributed by atoms with Crippen molar-refractivity contribution in [2.24, 2.45) is 0 Å². The van der Waals surface area contributed by atoms with E-state index in [1.54, 1.807) is 4.31 Å². The van der Waals surface area contributed by atoms with Gasteiger partial charge in [0.25, 0.3) is 0 Å². The van der Waals surface area contributed by atoms with Crippen LogP contribution in [-0.2, 0) is 14.8 Å². The Labute approximate surface area is 86.3 Å². The predicted octanol–water partition coefficient (Wildman–Crippen LogP) is 0.835. The molecule has 0 N–H and O–H groups in total. The normalized spacial score (nSPS) is 27.3. The third kappa shape index (κ3) is 2.68. The number of hydrogen-bond donors (Lipinski definition) is 0. The van der Waals surface area contributed by atoms with Crippen LogP contribution in [0.2, 0.25) is 0 Å². The van der Waals surface area contributed by atoms with E-state index in [2.05, 4.69) is 0 Å². The van der Waals surface area contributed by atoms with Gasteiger partial charge in [-0.3, -0.25) is 0 Å². The van der Waals surface area contributed by atoms with Crippen molar-refractivity contribution in [1.29, 1.82) is 0 Å². The first-order chi connectivity index (χ1) is 6.47. The SMILES string of the molecule is CCN1C(COC(C)C)CCS1(=O)=O. The Balaban J connectivity index is 2.55. The molecule has 0 bridgehead atoms. The Morgan fingerprint density at radius 3 is 2.64 bits per heavy atom. The number of likely N-dealkylation sites (N-methyl/N-ethyl adjacent to an activating group) is 1. The minimum atomic E-state index is -2.98. The van der Waals surface area contributed by atoms with Crippen molar-refractivity contribution in [3.8, 4) is 0 Å². The van der Waals surface area contributed by atoms with Gasteiger partial charge in [0.15, 0.2) is 0 Å². The van der Waals surface area contributed by atoms with Gasteiger partial charge in [-0.1, -0.05) is 6.92 Å². The van der Waals surface area contributed by atoms with Crippen LogP contribution in [0.15, 0.2) is 0 Å². The van der Waals surface area contributed by atoms with Crippen molar-refractivity contribution < 1.29 is 13.2 Å². The quantitative estimate of drug-likeness (QED) is 0.706. The summed E-state index contributed by atoms with van der Waals surface area (Å²) in [6, 6.07) is 0.0485. The van der Waals surface area contributed by atoms with Crippen molar-refractivity contribution in [3.63, 3.8) is 0 Å². The molecule has 1 aliphatic rings. The van der Waals surface area contributed by atoms with Crippen LogP contribution in [0.5, 0.6) is 0 Å². The summed E-state index contributed by atoms with van der Waals surface area (Å²) in [5.41, 5.74) is 0. The van der Waals surface area contributed by atoms with Crippen LogP contribution in [0.25, 0.3) is 0 Å². The summed E-state index contributed by atoms with van der Waals surface area (Å²) >= 11 is 0. The molecule has 0 aromatic heterocycles. The fourth-order valence-corrected chi connectivity index (χ4v) is 3.52. The summed E-state index contributed by atoms with van der Waals surface area (Å²) in [7, 11) is -2.98. The largest absolute Gasteiger partial charge is 0.377 e. The molecule has 0 saturated carbocycles. The molecule has 5 heteroatoms. The summed E-state index contributed by atoms with van der Waals surface area (Å²) in [6.07, 6.45) is 0.861. The van der Waals surface area contributed by atoms with Crippen molar-refractivity contribution in [3.05, 3.63) is 0 Å². The standard InChI is InChI=1S/C9H19NO3S/c1-4-10-9(7-13-8(2)3)5-6-14(10,11)12/h8-9H,4-7H2,1-3H3. The molecular weight excluding hydrogens is 202 g/mol. The third-order valence-electron chi connectivity index (χ3n) is 2.41. The third-order valence-corrected chi connectivity index (χ3v) is 4.43. The van der Waals surface area contributed by atoms with Gasteiger partial charge in [0.1, 0.15) is 0 Å². The van der Waals surface area contributed by atoms with Gasteiger partial charge in [-0.05, 0) is 20.3 Å². The molecule has 14 heavy (non-hydrogen) atoms. The van der Waals surface area contributed by atoms with E-state index in [0.29, 0.717) is 19.6 Å². The smallest absolute Gasteiger partial charge is 0.214 e. The van der Waals surface area contributed by atoms with Gasteiger partial charge >= 0.3 is 0 Å². The molecule has 84 valence electrons. The van der Waals surface area contributed by atoms with Gasteiger partial charge in [-0.25, -0.2) is 8.42 Å². The van der Waals surface area contributed by atoms with E-state index in [-0.39, 0.29) is 17.9 Å². The molecule has 0 amide bonds. The van der Waals surface area contributed by atoms with E-state index >= 15 is 0 Å². The van der Waals surface area contributed by atoms with E-state index in [0.717, 1.165) is 0 Å². The minimum Gasteiger partial charge on any atom is -0.377 e. The summed E-state index contributed by atoms with van der Waals surface area (Å²) in [5, 5.41) is 0. The van der Waals surface area contributed by atoms with Crippen LogP contribution in [0.4, 0.5) is 0 Å². The van der Waals surface area contributed by atoms with Gasteiger partial charge in [0.05, 0.1) is 18.5 Å². The molecule has 1 rings (SSSR count). The van der Waals surface area contributed by atoms with Crippen LogP contribution < -0.4 is 0 Å².